The van der Waals surface area contributed by atoms with E-state index in [-0.39, 0.29) is 16.7 Å². The number of thiazole rings is 1. The quantitative estimate of drug-likeness (QED) is 0.283. The maximum Gasteiger partial charge on any atom is 0.336 e. The van der Waals surface area contributed by atoms with Crippen molar-refractivity contribution in [3.63, 3.8) is 0 Å². The molecule has 0 aliphatic heterocycles. The maximum atomic E-state index is 12.8. The number of unbranched alkanes of at least 4 members (excludes halogenated alkanes) is 3. The fraction of sp³-hybridized carbons (Fsp3) is 0.364. The first-order chi connectivity index (χ1) is 14.6. The third kappa shape index (κ3) is 5.84. The third-order valence-corrected chi connectivity index (χ3v) is 5.80. The van der Waals surface area contributed by atoms with Crippen LogP contribution in [0.2, 0.25) is 0 Å². The molecular weight excluding hydrogens is 400 g/mol. The van der Waals surface area contributed by atoms with Crippen molar-refractivity contribution in [1.82, 2.24) is 15.4 Å². The van der Waals surface area contributed by atoms with Gasteiger partial charge in [0.25, 0.3) is 0 Å². The van der Waals surface area contributed by atoms with Gasteiger partial charge in [-0.15, -0.1) is 0 Å². The number of nitrogens with zero attached hydrogens (tertiary/aromatic N) is 1. The fourth-order valence-corrected chi connectivity index (χ4v) is 4.15. The van der Waals surface area contributed by atoms with Crippen molar-refractivity contribution in [2.75, 3.05) is 18.4 Å². The van der Waals surface area contributed by atoms with Crippen molar-refractivity contribution >= 4 is 33.3 Å². The number of urea groups is 1. The van der Waals surface area contributed by atoms with Crippen LogP contribution in [-0.4, -0.2) is 34.2 Å². The topological polar surface area (TPSA) is 97.5 Å². The molecule has 0 atom stereocenters. The molecule has 0 aliphatic rings. The molecule has 0 fully saturated rings. The zero-order valence-corrected chi connectivity index (χ0v) is 17.9. The Morgan fingerprint density at radius 2 is 1.93 bits per heavy atom. The van der Waals surface area contributed by atoms with Crippen LogP contribution in [0.15, 0.2) is 47.3 Å². The lowest BCUT2D eigenvalue weighted by Gasteiger charge is -2.24. The van der Waals surface area contributed by atoms with Gasteiger partial charge in [-0.05, 0) is 36.6 Å². The zero-order chi connectivity index (χ0) is 21.3. The number of phenols is 1. The number of aromatic hydroxyl groups is 1. The van der Waals surface area contributed by atoms with E-state index in [9.17, 15) is 14.7 Å². The van der Waals surface area contributed by atoms with Crippen LogP contribution in [-0.2, 0) is 6.42 Å². The molecule has 7 nitrogen and oxygen atoms in total. The number of benzene rings is 2. The summed E-state index contributed by atoms with van der Waals surface area (Å²) in [4.78, 5) is 26.9. The average Bonchev–Trinajstić information content (AvgIpc) is 3.14. The van der Waals surface area contributed by atoms with Crippen LogP contribution in [0.4, 0.5) is 10.5 Å². The largest absolute Gasteiger partial charge is 0.506 e. The number of amides is 2. The number of H-pyrrole nitrogens is 1. The Labute approximate surface area is 179 Å². The Bertz CT molecular complexity index is 1020. The lowest BCUT2D eigenvalue weighted by Crippen LogP contribution is -2.46. The Morgan fingerprint density at radius 3 is 2.70 bits per heavy atom. The molecule has 8 heteroatoms. The number of aromatic nitrogens is 1. The number of rotatable bonds is 10. The van der Waals surface area contributed by atoms with Gasteiger partial charge in [0.2, 0.25) is 0 Å². The SMILES string of the molecule is CCCCCCN(NCCc1ccc(O)c2[nH]c(=O)sc12)C(=O)Nc1ccccc1. The number of anilines is 1. The molecule has 4 N–H and O–H groups in total. The van der Waals surface area contributed by atoms with Gasteiger partial charge in [-0.2, -0.15) is 0 Å². The number of aromatic amines is 1. The van der Waals surface area contributed by atoms with E-state index < -0.39 is 0 Å². The van der Waals surface area contributed by atoms with Crippen molar-refractivity contribution in [3.05, 3.63) is 57.7 Å². The number of hydrogen-bond acceptors (Lipinski definition) is 5. The van der Waals surface area contributed by atoms with Crippen molar-refractivity contribution < 1.29 is 9.90 Å². The number of carbonyl (C=O) groups is 1. The second-order valence-corrected chi connectivity index (χ2v) is 8.11. The van der Waals surface area contributed by atoms with Gasteiger partial charge in [0.15, 0.2) is 0 Å². The van der Waals surface area contributed by atoms with Crippen LogP contribution >= 0.6 is 11.3 Å². The second kappa shape index (κ2) is 10.8. The fourth-order valence-electron chi connectivity index (χ4n) is 3.26. The minimum absolute atomic E-state index is 0.0693. The molecule has 3 aromatic rings. The smallest absolute Gasteiger partial charge is 0.336 e. The summed E-state index contributed by atoms with van der Waals surface area (Å²) in [6, 6.07) is 12.6. The van der Waals surface area contributed by atoms with E-state index in [2.05, 4.69) is 22.7 Å². The second-order valence-electron chi connectivity index (χ2n) is 7.13. The number of phenolic OH excluding ortho intramolecular Hbond substituents is 1. The molecule has 1 aromatic heterocycles. The normalized spacial score (nSPS) is 11.0. The molecule has 160 valence electrons. The van der Waals surface area contributed by atoms with Gasteiger partial charge in [-0.1, -0.05) is 61.8 Å². The monoisotopic (exact) mass is 428 g/mol. The van der Waals surface area contributed by atoms with Crippen LogP contribution in [0, 0.1) is 0 Å². The third-order valence-electron chi connectivity index (χ3n) is 4.84. The maximum absolute atomic E-state index is 12.8. The average molecular weight is 429 g/mol. The highest BCUT2D eigenvalue weighted by atomic mass is 32.1. The first kappa shape index (κ1) is 21.9. The summed E-state index contributed by atoms with van der Waals surface area (Å²) in [5, 5.41) is 14.5. The van der Waals surface area contributed by atoms with E-state index in [1.54, 1.807) is 11.1 Å². The number of fused-ring (bicyclic) bond motifs is 1. The van der Waals surface area contributed by atoms with Crippen LogP contribution in [0.5, 0.6) is 5.75 Å². The van der Waals surface area contributed by atoms with E-state index >= 15 is 0 Å². The lowest BCUT2D eigenvalue weighted by molar-refractivity contribution is 0.182. The number of para-hydroxylation sites is 1. The molecule has 1 heterocycles. The van der Waals surface area contributed by atoms with Gasteiger partial charge in [-0.25, -0.2) is 10.2 Å². The number of hydrogen-bond donors (Lipinski definition) is 4. The van der Waals surface area contributed by atoms with Crippen LogP contribution < -0.4 is 15.6 Å². The summed E-state index contributed by atoms with van der Waals surface area (Å²) in [5.74, 6) is 0.0693. The molecule has 0 radical (unpaired) electrons. The Kier molecular flexibility index (Phi) is 7.87. The van der Waals surface area contributed by atoms with E-state index in [1.165, 1.54) is 0 Å². The summed E-state index contributed by atoms with van der Waals surface area (Å²) in [5.41, 5.74) is 5.40. The van der Waals surface area contributed by atoms with Crippen molar-refractivity contribution in [2.45, 2.75) is 39.0 Å². The molecule has 0 saturated carbocycles. The summed E-state index contributed by atoms with van der Waals surface area (Å²) in [7, 11) is 0. The molecule has 2 amide bonds. The molecule has 0 spiro atoms. The first-order valence-corrected chi connectivity index (χ1v) is 11.1. The molecule has 2 aromatic carbocycles. The highest BCUT2D eigenvalue weighted by Crippen LogP contribution is 2.27. The minimum Gasteiger partial charge on any atom is -0.506 e. The summed E-state index contributed by atoms with van der Waals surface area (Å²) >= 11 is 1.09. The standard InChI is InChI=1S/C22H28N4O3S/c1-2-3-4-8-15-26(21(28)24-17-9-6-5-7-10-17)23-14-13-16-11-12-18(27)19-20(16)30-22(29)25-19/h5-7,9-12,23,27H,2-4,8,13-15H2,1H3,(H,24,28)(H,25,29). The lowest BCUT2D eigenvalue weighted by atomic mass is 10.1. The zero-order valence-electron chi connectivity index (χ0n) is 17.1. The molecular formula is C22H28N4O3S. The highest BCUT2D eigenvalue weighted by molar-refractivity contribution is 7.16. The van der Waals surface area contributed by atoms with E-state index in [1.807, 2.05) is 36.4 Å². The first-order valence-electron chi connectivity index (χ1n) is 10.3. The number of hydrazine groups is 1. The minimum atomic E-state index is -0.195. The van der Waals surface area contributed by atoms with E-state index in [0.29, 0.717) is 25.0 Å². The van der Waals surface area contributed by atoms with Crippen LogP contribution in [0.1, 0.15) is 38.2 Å². The molecule has 30 heavy (non-hydrogen) atoms. The van der Waals surface area contributed by atoms with Gasteiger partial charge < -0.3 is 15.4 Å². The van der Waals surface area contributed by atoms with Crippen molar-refractivity contribution in [2.24, 2.45) is 0 Å². The number of nitrogens with one attached hydrogen (secondary N) is 3. The van der Waals surface area contributed by atoms with Crippen molar-refractivity contribution in [3.8, 4) is 5.75 Å². The van der Waals surface area contributed by atoms with Crippen molar-refractivity contribution in [1.29, 1.82) is 0 Å². The molecule has 0 unspecified atom stereocenters. The molecule has 0 saturated heterocycles. The Morgan fingerprint density at radius 1 is 1.13 bits per heavy atom. The summed E-state index contributed by atoms with van der Waals surface area (Å²) in [6.45, 7) is 3.30. The van der Waals surface area contributed by atoms with Crippen LogP contribution in [0.25, 0.3) is 10.2 Å². The van der Waals surface area contributed by atoms with E-state index in [4.69, 9.17) is 0 Å². The van der Waals surface area contributed by atoms with Gasteiger partial charge in [0, 0.05) is 18.8 Å². The predicted octanol–water partition coefficient (Wildman–Crippen LogP) is 4.46. The Balaban J connectivity index is 1.63. The Hall–Kier alpha value is -2.84. The summed E-state index contributed by atoms with van der Waals surface area (Å²) in [6.07, 6.45) is 4.90. The van der Waals surface area contributed by atoms with Gasteiger partial charge in [-0.3, -0.25) is 9.80 Å². The van der Waals surface area contributed by atoms with Gasteiger partial charge in [0.1, 0.15) is 11.3 Å². The summed E-state index contributed by atoms with van der Waals surface area (Å²) < 4.78 is 0.755. The van der Waals surface area contributed by atoms with Gasteiger partial charge >= 0.3 is 10.9 Å². The molecule has 0 bridgehead atoms. The van der Waals surface area contributed by atoms with Gasteiger partial charge in [0.05, 0.1) is 4.70 Å². The molecule has 0 aliphatic carbocycles. The van der Waals surface area contributed by atoms with E-state index in [0.717, 1.165) is 53.0 Å². The highest BCUT2D eigenvalue weighted by Gasteiger charge is 2.14. The number of carbonyl (C=O) groups excluding carboxylic acids is 1. The predicted molar refractivity (Wildman–Crippen MR) is 122 cm³/mol. The molecule has 3 rings (SSSR count). The van der Waals surface area contributed by atoms with Crippen LogP contribution in [0.3, 0.4) is 0 Å².